The van der Waals surface area contributed by atoms with Gasteiger partial charge in [-0.1, -0.05) is 0 Å². The smallest absolute Gasteiger partial charge is 0.261 e. The molecule has 6 nitrogen and oxygen atoms in total. The summed E-state index contributed by atoms with van der Waals surface area (Å²) in [7, 11) is -3.67. The van der Waals surface area contributed by atoms with Crippen LogP contribution in [0.15, 0.2) is 0 Å². The maximum atomic E-state index is 9.19. The van der Waals surface area contributed by atoms with Gasteiger partial charge in [-0.05, 0) is 13.8 Å². The molecular formula is C5H15NO5S. The molecule has 0 saturated carbocycles. The van der Waals surface area contributed by atoms with E-state index in [4.69, 9.17) is 14.8 Å². The van der Waals surface area contributed by atoms with Crippen molar-refractivity contribution in [2.75, 3.05) is 6.26 Å². The van der Waals surface area contributed by atoms with E-state index in [2.05, 4.69) is 5.32 Å². The molecule has 0 saturated heterocycles. The van der Waals surface area contributed by atoms with Gasteiger partial charge in [0.2, 0.25) is 0 Å². The molecule has 0 amide bonds. The molecule has 0 rings (SSSR count). The maximum absolute atomic E-state index is 9.19. The van der Waals surface area contributed by atoms with E-state index < -0.39 is 22.6 Å². The summed E-state index contributed by atoms with van der Waals surface area (Å²) in [5, 5.41) is 19.3. The number of aliphatic hydroxyl groups is 2. The van der Waals surface area contributed by atoms with Crippen LogP contribution in [0.2, 0.25) is 0 Å². The molecule has 2 unspecified atom stereocenters. The van der Waals surface area contributed by atoms with E-state index in [1.807, 2.05) is 0 Å². The zero-order chi connectivity index (χ0) is 10.4. The molecule has 0 heterocycles. The summed E-state index contributed by atoms with van der Waals surface area (Å²) in [4.78, 5) is 0. The number of nitrogens with one attached hydrogen (secondary N) is 1. The lowest BCUT2D eigenvalue weighted by Gasteiger charge is -2.08. The Labute approximate surface area is 72.0 Å². The summed E-state index contributed by atoms with van der Waals surface area (Å²) in [5.41, 5.74) is 0. The van der Waals surface area contributed by atoms with Crippen molar-refractivity contribution < 1.29 is 23.2 Å². The summed E-state index contributed by atoms with van der Waals surface area (Å²) in [6.45, 7) is 3.10. The second-order valence-electron chi connectivity index (χ2n) is 2.25. The van der Waals surface area contributed by atoms with Gasteiger partial charge in [-0.2, -0.15) is 8.42 Å². The zero-order valence-corrected chi connectivity index (χ0v) is 8.04. The van der Waals surface area contributed by atoms with Crippen molar-refractivity contribution in [2.45, 2.75) is 26.3 Å². The Balaban J connectivity index is 0. The molecule has 4 N–H and O–H groups in total. The third kappa shape index (κ3) is 52.7. The van der Waals surface area contributed by atoms with Gasteiger partial charge in [0.05, 0.1) is 6.26 Å². The quantitative estimate of drug-likeness (QED) is 0.329. The second-order valence-corrected chi connectivity index (χ2v) is 3.72. The highest BCUT2D eigenvalue weighted by atomic mass is 32.2. The molecule has 0 radical (unpaired) electrons. The van der Waals surface area contributed by atoms with Crippen LogP contribution in [-0.4, -0.2) is 41.9 Å². The first-order valence-corrected chi connectivity index (χ1v) is 5.02. The summed E-state index contributed by atoms with van der Waals surface area (Å²) in [5.74, 6) is 0. The molecule has 0 spiro atoms. The Morgan fingerprint density at radius 3 is 1.33 bits per heavy atom. The highest BCUT2D eigenvalue weighted by Gasteiger charge is 1.95. The SMILES string of the molecule is CC(O)NC(C)O.CS(=O)(=O)O. The van der Waals surface area contributed by atoms with Crippen molar-refractivity contribution >= 4 is 10.1 Å². The monoisotopic (exact) mass is 201 g/mol. The molecule has 7 heteroatoms. The van der Waals surface area contributed by atoms with E-state index in [0.29, 0.717) is 6.26 Å². The lowest BCUT2D eigenvalue weighted by molar-refractivity contribution is 0.0632. The van der Waals surface area contributed by atoms with Crippen LogP contribution in [0.5, 0.6) is 0 Å². The molecule has 0 aromatic carbocycles. The molecule has 0 aliphatic carbocycles. The van der Waals surface area contributed by atoms with Crippen molar-refractivity contribution in [2.24, 2.45) is 0 Å². The fraction of sp³-hybridized carbons (Fsp3) is 1.00. The van der Waals surface area contributed by atoms with E-state index in [0.717, 1.165) is 0 Å². The van der Waals surface area contributed by atoms with Crippen molar-refractivity contribution in [3.8, 4) is 0 Å². The van der Waals surface area contributed by atoms with Gasteiger partial charge in [0, 0.05) is 0 Å². The zero-order valence-electron chi connectivity index (χ0n) is 7.22. The van der Waals surface area contributed by atoms with Crippen molar-refractivity contribution in [1.29, 1.82) is 0 Å². The van der Waals surface area contributed by atoms with Crippen molar-refractivity contribution in [3.63, 3.8) is 0 Å². The molecule has 0 aromatic rings. The summed E-state index contributed by atoms with van der Waals surface area (Å²) in [6.07, 6.45) is -0.535. The van der Waals surface area contributed by atoms with Crippen LogP contribution in [-0.2, 0) is 10.1 Å². The molecule has 0 aliphatic rings. The van der Waals surface area contributed by atoms with Crippen LogP contribution in [0, 0.1) is 0 Å². The van der Waals surface area contributed by atoms with Crippen LogP contribution in [0.1, 0.15) is 13.8 Å². The van der Waals surface area contributed by atoms with Gasteiger partial charge >= 0.3 is 0 Å². The van der Waals surface area contributed by atoms with Crippen LogP contribution >= 0.6 is 0 Å². The summed E-state index contributed by atoms with van der Waals surface area (Å²) >= 11 is 0. The Morgan fingerprint density at radius 2 is 1.33 bits per heavy atom. The maximum Gasteiger partial charge on any atom is 0.261 e. The lowest BCUT2D eigenvalue weighted by Crippen LogP contribution is -2.33. The van der Waals surface area contributed by atoms with E-state index in [9.17, 15) is 8.42 Å². The molecule has 76 valence electrons. The second kappa shape index (κ2) is 6.32. The lowest BCUT2D eigenvalue weighted by atomic mass is 10.6. The molecule has 0 aliphatic heterocycles. The van der Waals surface area contributed by atoms with Gasteiger partial charge in [0.1, 0.15) is 12.5 Å². The molecule has 0 bridgehead atoms. The van der Waals surface area contributed by atoms with Gasteiger partial charge in [-0.15, -0.1) is 0 Å². The molecular weight excluding hydrogens is 186 g/mol. The van der Waals surface area contributed by atoms with Gasteiger partial charge in [0.15, 0.2) is 0 Å². The first-order valence-electron chi connectivity index (χ1n) is 3.17. The van der Waals surface area contributed by atoms with E-state index in [1.54, 1.807) is 13.8 Å². The number of hydrogen-bond acceptors (Lipinski definition) is 5. The minimum Gasteiger partial charge on any atom is -0.379 e. The highest BCUT2D eigenvalue weighted by molar-refractivity contribution is 7.85. The fourth-order valence-corrected chi connectivity index (χ4v) is 0.349. The topological polar surface area (TPSA) is 107 Å². The third-order valence-electron chi connectivity index (χ3n) is 0.482. The van der Waals surface area contributed by atoms with Crippen LogP contribution < -0.4 is 5.32 Å². The van der Waals surface area contributed by atoms with Gasteiger partial charge in [-0.25, -0.2) is 0 Å². The Morgan fingerprint density at radius 1 is 1.17 bits per heavy atom. The van der Waals surface area contributed by atoms with E-state index >= 15 is 0 Å². The van der Waals surface area contributed by atoms with Crippen molar-refractivity contribution in [1.82, 2.24) is 5.32 Å². The van der Waals surface area contributed by atoms with E-state index in [-0.39, 0.29) is 0 Å². The van der Waals surface area contributed by atoms with Crippen molar-refractivity contribution in [3.05, 3.63) is 0 Å². The normalized spacial score (nSPS) is 15.8. The van der Waals surface area contributed by atoms with Gasteiger partial charge in [0.25, 0.3) is 10.1 Å². The highest BCUT2D eigenvalue weighted by Crippen LogP contribution is 1.74. The molecule has 2 atom stereocenters. The molecule has 0 aromatic heterocycles. The van der Waals surface area contributed by atoms with Gasteiger partial charge < -0.3 is 10.2 Å². The standard InChI is InChI=1S/C4H11NO2.CH4O3S/c1-3(6)5-4(2)7;1-5(2,3)4/h3-7H,1-2H3;1H3,(H,2,3,4). The average Bonchev–Trinajstić information content (AvgIpc) is 1.52. The summed E-state index contributed by atoms with van der Waals surface area (Å²) < 4.78 is 25.9. The third-order valence-corrected chi connectivity index (χ3v) is 0.482. The minimum atomic E-state index is -3.67. The molecule has 0 fully saturated rings. The average molecular weight is 201 g/mol. The first-order chi connectivity index (χ1) is 5.13. The Hall–Kier alpha value is -0.210. The number of rotatable bonds is 2. The van der Waals surface area contributed by atoms with Gasteiger partial charge in [-0.3, -0.25) is 9.87 Å². The fourth-order valence-electron chi connectivity index (χ4n) is 0.349. The number of aliphatic hydroxyl groups excluding tert-OH is 2. The number of hydrogen-bond donors (Lipinski definition) is 4. The van der Waals surface area contributed by atoms with Crippen LogP contribution in [0.4, 0.5) is 0 Å². The Bertz CT molecular complexity index is 172. The van der Waals surface area contributed by atoms with Crippen LogP contribution in [0.3, 0.4) is 0 Å². The predicted molar refractivity (Wildman–Crippen MR) is 44.0 cm³/mol. The predicted octanol–water partition coefficient (Wildman–Crippen LogP) is -1.24. The largest absolute Gasteiger partial charge is 0.379 e. The minimum absolute atomic E-state index is 0.625. The summed E-state index contributed by atoms with van der Waals surface area (Å²) in [6, 6.07) is 0. The Kier molecular flexibility index (Phi) is 7.54. The van der Waals surface area contributed by atoms with E-state index in [1.165, 1.54) is 0 Å². The molecule has 12 heavy (non-hydrogen) atoms. The van der Waals surface area contributed by atoms with Crippen LogP contribution in [0.25, 0.3) is 0 Å². The first kappa shape index (κ1) is 14.3.